The Hall–Kier alpha value is -2.45. The number of sulfonamides is 1. The Balaban J connectivity index is 0.773. The molecule has 4 aliphatic heterocycles. The molecule has 2 aromatic rings. The minimum absolute atomic E-state index is 0.0705. The van der Waals surface area contributed by atoms with Crippen molar-refractivity contribution in [2.45, 2.75) is 202 Å². The van der Waals surface area contributed by atoms with Crippen LogP contribution in [0.2, 0.25) is 0 Å². The van der Waals surface area contributed by atoms with Gasteiger partial charge in [0.25, 0.3) is 0 Å². The predicted molar refractivity (Wildman–Crippen MR) is 277 cm³/mol. The molecule has 0 aromatic heterocycles. The van der Waals surface area contributed by atoms with E-state index in [1.165, 1.54) is 12.5 Å². The second-order valence-corrected chi connectivity index (χ2v) is 26.2. The van der Waals surface area contributed by atoms with Crippen LogP contribution in [0.4, 0.5) is 5.69 Å². The SMILES string of the molecule is C[C@H](CCC1O[C@H]2C[C@H]3[C@@H]4CC=C5C[C@@H](O[C@@H]6O[C@H](CO)[C@@H](O[C@@H]7O[C@@H](CO)[C@H](O)[C@H]7O)[C@H](O)[C@H]6O[C@@H]6O[C@@H](C)[C@H](O)[C@@H](O)[C@H]6O)CC[C@]5(C)[C@H]4CC[C@]3(C)[C@H]2[C@@H]1C)CNS(=O)(=O)c1cccc2c(N(C)C)cccc12. The average Bonchev–Trinajstić information content (AvgIpc) is 4.00. The molecule has 7 fully saturated rings. The summed E-state index contributed by atoms with van der Waals surface area (Å²) in [4.78, 5) is 2.28. The highest BCUT2D eigenvalue weighted by Gasteiger charge is 2.65. The van der Waals surface area contributed by atoms with Crippen LogP contribution in [0.3, 0.4) is 0 Å². The molecule has 3 saturated carbocycles. The second-order valence-electron chi connectivity index (χ2n) is 24.5. The molecule has 76 heavy (non-hydrogen) atoms. The summed E-state index contributed by atoms with van der Waals surface area (Å²) >= 11 is 0. The van der Waals surface area contributed by atoms with E-state index in [0.717, 1.165) is 56.0 Å². The van der Waals surface area contributed by atoms with Crippen LogP contribution >= 0.6 is 0 Å². The number of nitrogens with one attached hydrogen (secondary N) is 1. The molecule has 0 bridgehead atoms. The molecular weight excluding hydrogens is 1000 g/mol. The number of hydrogen-bond donors (Lipinski definition) is 9. The lowest BCUT2D eigenvalue weighted by atomic mass is 9.47. The monoisotopic (exact) mass is 1090 g/mol. The molecule has 19 nitrogen and oxygen atoms in total. The van der Waals surface area contributed by atoms with Gasteiger partial charge in [0.1, 0.15) is 61.0 Å². The zero-order valence-electron chi connectivity index (χ0n) is 44.9. The number of anilines is 1. The predicted octanol–water partition coefficient (Wildman–Crippen LogP) is 2.69. The Kier molecular flexibility index (Phi) is 16.5. The van der Waals surface area contributed by atoms with E-state index >= 15 is 0 Å². The lowest BCUT2D eigenvalue weighted by molar-refractivity contribution is -0.380. The van der Waals surface area contributed by atoms with Gasteiger partial charge in [0.15, 0.2) is 18.9 Å². The summed E-state index contributed by atoms with van der Waals surface area (Å²) in [7, 11) is 0.163. The van der Waals surface area contributed by atoms with Crippen LogP contribution in [-0.2, 0) is 43.2 Å². The molecule has 8 aliphatic rings. The summed E-state index contributed by atoms with van der Waals surface area (Å²) < 4.78 is 73.9. The zero-order chi connectivity index (χ0) is 54.3. The fourth-order valence-electron chi connectivity index (χ4n) is 15.6. The first-order valence-electron chi connectivity index (χ1n) is 27.9. The number of rotatable bonds is 16. The summed E-state index contributed by atoms with van der Waals surface area (Å²) in [5, 5.41) is 87.0. The van der Waals surface area contributed by atoms with E-state index in [1.807, 2.05) is 43.3 Å². The third-order valence-electron chi connectivity index (χ3n) is 19.9. The minimum atomic E-state index is -3.75. The van der Waals surface area contributed by atoms with Gasteiger partial charge >= 0.3 is 0 Å². The molecule has 4 saturated heterocycles. The van der Waals surface area contributed by atoms with Crippen molar-refractivity contribution < 1.29 is 82.4 Å². The quantitative estimate of drug-likeness (QED) is 0.109. The summed E-state index contributed by atoms with van der Waals surface area (Å²) in [6, 6.07) is 11.2. The van der Waals surface area contributed by atoms with Crippen LogP contribution in [0.15, 0.2) is 52.9 Å². The Morgan fingerprint density at radius 1 is 0.750 bits per heavy atom. The molecule has 4 aliphatic carbocycles. The Morgan fingerprint density at radius 2 is 1.43 bits per heavy atom. The van der Waals surface area contributed by atoms with Gasteiger partial charge in [-0.3, -0.25) is 0 Å². The number of hydrogen-bond acceptors (Lipinski definition) is 18. The van der Waals surface area contributed by atoms with Gasteiger partial charge in [-0.25, -0.2) is 13.1 Å². The van der Waals surface area contributed by atoms with Gasteiger partial charge in [-0.2, -0.15) is 0 Å². The van der Waals surface area contributed by atoms with Gasteiger partial charge in [-0.15, -0.1) is 0 Å². The van der Waals surface area contributed by atoms with Crippen molar-refractivity contribution in [2.75, 3.05) is 38.8 Å². The van der Waals surface area contributed by atoms with Gasteiger partial charge < -0.3 is 78.9 Å². The largest absolute Gasteiger partial charge is 0.394 e. The van der Waals surface area contributed by atoms with E-state index < -0.39 is 115 Å². The molecule has 10 rings (SSSR count). The van der Waals surface area contributed by atoms with E-state index in [9.17, 15) is 49.3 Å². The normalized spacial score (nSPS) is 45.7. The first-order valence-corrected chi connectivity index (χ1v) is 29.3. The fraction of sp³-hybridized carbons (Fsp3) is 0.786. The summed E-state index contributed by atoms with van der Waals surface area (Å²) in [6.45, 7) is 9.98. The first-order chi connectivity index (χ1) is 36.1. The minimum Gasteiger partial charge on any atom is -0.394 e. The Morgan fingerprint density at radius 3 is 2.16 bits per heavy atom. The van der Waals surface area contributed by atoms with E-state index in [2.05, 4.69) is 38.5 Å². The summed E-state index contributed by atoms with van der Waals surface area (Å²) in [5.41, 5.74) is 2.35. The van der Waals surface area contributed by atoms with E-state index in [-0.39, 0.29) is 29.0 Å². The lowest BCUT2D eigenvalue weighted by Crippen LogP contribution is -2.65. The number of fused-ring (bicyclic) bond motifs is 8. The maximum Gasteiger partial charge on any atom is 0.241 e. The van der Waals surface area contributed by atoms with Crippen molar-refractivity contribution >= 4 is 26.5 Å². The molecule has 0 spiro atoms. The molecule has 20 heteroatoms. The Labute approximate surface area is 446 Å². The number of ether oxygens (including phenoxy) is 7. The third-order valence-corrected chi connectivity index (χ3v) is 21.3. The van der Waals surface area contributed by atoms with Crippen LogP contribution < -0.4 is 9.62 Å². The highest BCUT2D eigenvalue weighted by molar-refractivity contribution is 7.89. The van der Waals surface area contributed by atoms with Gasteiger partial charge in [-0.1, -0.05) is 63.6 Å². The van der Waals surface area contributed by atoms with Crippen molar-refractivity contribution in [3.8, 4) is 0 Å². The fourth-order valence-corrected chi connectivity index (χ4v) is 17.0. The van der Waals surface area contributed by atoms with Crippen LogP contribution in [0.5, 0.6) is 0 Å². The van der Waals surface area contributed by atoms with Crippen LogP contribution in [0.25, 0.3) is 10.8 Å². The van der Waals surface area contributed by atoms with Crippen molar-refractivity contribution in [1.82, 2.24) is 4.72 Å². The highest BCUT2D eigenvalue weighted by atomic mass is 32.2. The number of benzene rings is 2. The van der Waals surface area contributed by atoms with E-state index in [0.29, 0.717) is 59.3 Å². The zero-order valence-corrected chi connectivity index (χ0v) is 45.7. The number of aliphatic hydroxyl groups excluding tert-OH is 8. The summed E-state index contributed by atoms with van der Waals surface area (Å²) in [5.74, 6) is 2.43. The smallest absolute Gasteiger partial charge is 0.241 e. The molecular formula is C56H84N2O17S. The molecule has 9 N–H and O–H groups in total. The third kappa shape index (κ3) is 10.1. The summed E-state index contributed by atoms with van der Waals surface area (Å²) in [6.07, 6.45) is -9.85. The van der Waals surface area contributed by atoms with Crippen molar-refractivity contribution in [1.29, 1.82) is 0 Å². The average molecular weight is 1090 g/mol. The molecule has 4 heterocycles. The van der Waals surface area contributed by atoms with Crippen molar-refractivity contribution in [2.24, 2.45) is 46.3 Å². The first kappa shape index (κ1) is 56.8. The van der Waals surface area contributed by atoms with Crippen molar-refractivity contribution in [3.05, 3.63) is 48.0 Å². The van der Waals surface area contributed by atoms with Gasteiger partial charge in [0, 0.05) is 37.1 Å². The van der Waals surface area contributed by atoms with Gasteiger partial charge in [0.2, 0.25) is 10.0 Å². The number of allylic oxidation sites excluding steroid dienone is 1. The van der Waals surface area contributed by atoms with Crippen LogP contribution in [0, 0.1) is 46.3 Å². The maximum absolute atomic E-state index is 13.7. The standard InChI is InChI=1S/C56H84N2O17S/c1-27(24-57-76(67,68)42-13-9-10-32-33(42)11-8-12-37(32)58(6)7)14-17-38-28(2)43-39(71-38)23-36-34-16-15-30-22-31(18-20-55(30,4)35(34)19-21-56(36,43)5)70-54-51(75-52-48(65)46(63)44(61)29(3)69-52)49(66)50(41(26-60)73-54)74-53-47(64)45(62)40(25-59)72-53/h8-13,15,27-29,31,34-36,38-41,43-54,57,59-66H,14,16-26H2,1-7H3/t27-,28-,29+,31+,34-,35+,36+,38?,39+,40+,41-,43+,44+,45+,46-,47-,48-,49+,50-,51-,52+,53+,54-,55+,56+/m1/s1. The lowest BCUT2D eigenvalue weighted by Gasteiger charge is -2.58. The van der Waals surface area contributed by atoms with E-state index in [1.54, 1.807) is 12.1 Å². The molecule has 25 atom stereocenters. The van der Waals surface area contributed by atoms with E-state index in [4.69, 9.17) is 33.2 Å². The molecule has 2 aromatic carbocycles. The topological polar surface area (TPSA) is 276 Å². The van der Waals surface area contributed by atoms with Crippen molar-refractivity contribution in [3.63, 3.8) is 0 Å². The van der Waals surface area contributed by atoms with Gasteiger partial charge in [-0.05, 0) is 123 Å². The molecule has 0 amide bonds. The number of aliphatic hydroxyl groups is 8. The number of nitrogens with zero attached hydrogens (tertiary/aromatic N) is 1. The Bertz CT molecular complexity index is 2500. The van der Waals surface area contributed by atoms with Crippen LogP contribution in [-0.4, -0.2) is 187 Å². The molecule has 1 unspecified atom stereocenters. The molecule has 426 valence electrons. The maximum atomic E-state index is 13.7. The van der Waals surface area contributed by atoms with Gasteiger partial charge in [0.05, 0.1) is 42.5 Å². The highest BCUT2D eigenvalue weighted by Crippen LogP contribution is 2.69. The second kappa shape index (κ2) is 22.1. The molecule has 0 radical (unpaired) electrons. The van der Waals surface area contributed by atoms with Crippen LogP contribution in [0.1, 0.15) is 92.4 Å².